The van der Waals surface area contributed by atoms with E-state index in [4.69, 9.17) is 4.98 Å². The number of aromatic amines is 1. The Hall–Kier alpha value is -1.98. The van der Waals surface area contributed by atoms with Gasteiger partial charge in [-0.2, -0.15) is 0 Å². The third-order valence-corrected chi connectivity index (χ3v) is 5.77. The number of hydrogen-bond acceptors (Lipinski definition) is 4. The molecule has 1 N–H and O–H groups in total. The van der Waals surface area contributed by atoms with E-state index in [0.717, 1.165) is 41.4 Å². The van der Waals surface area contributed by atoms with Crippen molar-refractivity contribution in [1.82, 2.24) is 14.9 Å². The molecule has 3 heterocycles. The fourth-order valence-electron chi connectivity index (χ4n) is 4.03. The SMILES string of the molecule is C[C@@H]1C[C@@H](C)CN(Cc2nc3scc(-c4ccccc4)c3c(=O)[nH]2)C1. The Morgan fingerprint density at radius 3 is 2.64 bits per heavy atom. The molecular formula is C20H23N3OS. The van der Waals surface area contributed by atoms with Crippen LogP contribution in [0.2, 0.25) is 0 Å². The summed E-state index contributed by atoms with van der Waals surface area (Å²) in [6.45, 7) is 7.47. The van der Waals surface area contributed by atoms with Gasteiger partial charge in [-0.05, 0) is 23.8 Å². The third-order valence-electron chi connectivity index (χ3n) is 4.90. The molecular weight excluding hydrogens is 330 g/mol. The van der Waals surface area contributed by atoms with E-state index in [0.29, 0.717) is 17.2 Å². The molecule has 1 aliphatic heterocycles. The van der Waals surface area contributed by atoms with E-state index in [2.05, 4.69) is 23.7 Å². The summed E-state index contributed by atoms with van der Waals surface area (Å²) < 4.78 is 0. The van der Waals surface area contributed by atoms with Crippen LogP contribution in [-0.4, -0.2) is 28.0 Å². The summed E-state index contributed by atoms with van der Waals surface area (Å²) in [5.41, 5.74) is 2.01. The summed E-state index contributed by atoms with van der Waals surface area (Å²) in [7, 11) is 0. The lowest BCUT2D eigenvalue weighted by atomic mass is 9.92. The Morgan fingerprint density at radius 1 is 1.20 bits per heavy atom. The van der Waals surface area contributed by atoms with Crippen LogP contribution in [0.3, 0.4) is 0 Å². The van der Waals surface area contributed by atoms with Gasteiger partial charge in [0.1, 0.15) is 10.7 Å². The van der Waals surface area contributed by atoms with Crippen LogP contribution in [0.15, 0.2) is 40.5 Å². The van der Waals surface area contributed by atoms with Crippen LogP contribution >= 0.6 is 11.3 Å². The van der Waals surface area contributed by atoms with Crippen LogP contribution in [0.1, 0.15) is 26.1 Å². The number of likely N-dealkylation sites (tertiary alicyclic amines) is 1. The molecule has 4 rings (SSSR count). The van der Waals surface area contributed by atoms with Gasteiger partial charge >= 0.3 is 0 Å². The number of rotatable bonds is 3. The minimum absolute atomic E-state index is 0.0294. The van der Waals surface area contributed by atoms with Gasteiger partial charge < -0.3 is 4.98 Å². The van der Waals surface area contributed by atoms with Crippen molar-refractivity contribution in [1.29, 1.82) is 0 Å². The van der Waals surface area contributed by atoms with Gasteiger partial charge in [0, 0.05) is 24.0 Å². The van der Waals surface area contributed by atoms with E-state index >= 15 is 0 Å². The molecule has 5 heteroatoms. The molecule has 1 aliphatic rings. The van der Waals surface area contributed by atoms with Crippen molar-refractivity contribution in [3.05, 3.63) is 51.9 Å². The first-order valence-electron chi connectivity index (χ1n) is 8.88. The molecule has 1 saturated heterocycles. The molecule has 0 radical (unpaired) electrons. The standard InChI is InChI=1S/C20H23N3OS/c1-13-8-14(2)10-23(9-13)11-17-21-19(24)18-16(12-25-20(18)22-17)15-6-4-3-5-7-15/h3-7,12-14H,8-11H2,1-2H3,(H,21,22,24)/t13-,14-/m1/s1. The number of hydrogen-bond donors (Lipinski definition) is 1. The first kappa shape index (κ1) is 16.5. The van der Waals surface area contributed by atoms with Gasteiger partial charge in [-0.25, -0.2) is 4.98 Å². The number of benzene rings is 1. The molecule has 1 fully saturated rings. The van der Waals surface area contributed by atoms with Crippen LogP contribution < -0.4 is 5.56 Å². The maximum Gasteiger partial charge on any atom is 0.260 e. The van der Waals surface area contributed by atoms with Crippen molar-refractivity contribution >= 4 is 21.6 Å². The fraction of sp³-hybridized carbons (Fsp3) is 0.400. The molecule has 3 aromatic rings. The Labute approximate surface area is 151 Å². The lowest BCUT2D eigenvalue weighted by Crippen LogP contribution is -2.38. The number of thiophene rings is 1. The molecule has 0 spiro atoms. The summed E-state index contributed by atoms with van der Waals surface area (Å²) in [5, 5.41) is 2.75. The summed E-state index contributed by atoms with van der Waals surface area (Å²) >= 11 is 1.55. The van der Waals surface area contributed by atoms with E-state index in [1.165, 1.54) is 6.42 Å². The summed E-state index contributed by atoms with van der Waals surface area (Å²) in [6, 6.07) is 10.0. The second-order valence-corrected chi connectivity index (χ2v) is 8.21. The highest BCUT2D eigenvalue weighted by Crippen LogP contribution is 2.30. The minimum Gasteiger partial charge on any atom is -0.309 e. The normalized spacial score (nSPS) is 21.7. The van der Waals surface area contributed by atoms with Gasteiger partial charge in [0.05, 0.1) is 11.9 Å². The number of H-pyrrole nitrogens is 1. The first-order valence-corrected chi connectivity index (χ1v) is 9.76. The van der Waals surface area contributed by atoms with Crippen LogP contribution in [0, 0.1) is 11.8 Å². The third kappa shape index (κ3) is 3.39. The Kier molecular flexibility index (Phi) is 4.44. The van der Waals surface area contributed by atoms with Gasteiger partial charge in [0.15, 0.2) is 0 Å². The Balaban J connectivity index is 1.66. The molecule has 2 atom stereocenters. The van der Waals surface area contributed by atoms with Crippen LogP contribution in [-0.2, 0) is 6.54 Å². The van der Waals surface area contributed by atoms with Crippen molar-refractivity contribution in [2.45, 2.75) is 26.8 Å². The van der Waals surface area contributed by atoms with Crippen LogP contribution in [0.5, 0.6) is 0 Å². The number of nitrogens with one attached hydrogen (secondary N) is 1. The van der Waals surface area contributed by atoms with Gasteiger partial charge in [0.2, 0.25) is 0 Å². The molecule has 0 aliphatic carbocycles. The van der Waals surface area contributed by atoms with Gasteiger partial charge in [-0.15, -0.1) is 11.3 Å². The predicted octanol–water partition coefficient (Wildman–Crippen LogP) is 4.13. The largest absolute Gasteiger partial charge is 0.309 e. The van der Waals surface area contributed by atoms with Crippen molar-refractivity contribution in [3.8, 4) is 11.1 Å². The summed E-state index contributed by atoms with van der Waals surface area (Å²) in [5.74, 6) is 2.18. The zero-order valence-corrected chi connectivity index (χ0v) is 15.5. The van der Waals surface area contributed by atoms with E-state index in [1.807, 2.05) is 35.7 Å². The number of piperidine rings is 1. The minimum atomic E-state index is -0.0294. The van der Waals surface area contributed by atoms with Crippen molar-refractivity contribution < 1.29 is 0 Å². The number of fused-ring (bicyclic) bond motifs is 1. The quantitative estimate of drug-likeness (QED) is 0.770. The molecule has 0 unspecified atom stereocenters. The Bertz CT molecular complexity index is 921. The van der Waals surface area contributed by atoms with Crippen LogP contribution in [0.25, 0.3) is 21.3 Å². The average Bonchev–Trinajstić information content (AvgIpc) is 2.99. The molecule has 0 bridgehead atoms. The van der Waals surface area contributed by atoms with Gasteiger partial charge in [-0.1, -0.05) is 44.2 Å². The lowest BCUT2D eigenvalue weighted by molar-refractivity contribution is 0.131. The highest BCUT2D eigenvalue weighted by Gasteiger charge is 2.22. The number of aromatic nitrogens is 2. The van der Waals surface area contributed by atoms with Crippen molar-refractivity contribution in [2.24, 2.45) is 11.8 Å². The Morgan fingerprint density at radius 2 is 1.92 bits per heavy atom. The monoisotopic (exact) mass is 353 g/mol. The van der Waals surface area contributed by atoms with Crippen LogP contribution in [0.4, 0.5) is 0 Å². The molecule has 4 nitrogen and oxygen atoms in total. The second kappa shape index (κ2) is 6.73. The predicted molar refractivity (Wildman–Crippen MR) is 104 cm³/mol. The van der Waals surface area contributed by atoms with Gasteiger partial charge in [-0.3, -0.25) is 9.69 Å². The van der Waals surface area contributed by atoms with E-state index < -0.39 is 0 Å². The molecule has 0 saturated carbocycles. The van der Waals surface area contributed by atoms with E-state index in [1.54, 1.807) is 11.3 Å². The van der Waals surface area contributed by atoms with E-state index in [-0.39, 0.29) is 5.56 Å². The average molecular weight is 353 g/mol. The zero-order valence-electron chi connectivity index (χ0n) is 14.7. The highest BCUT2D eigenvalue weighted by atomic mass is 32.1. The molecule has 25 heavy (non-hydrogen) atoms. The summed E-state index contributed by atoms with van der Waals surface area (Å²) in [6.07, 6.45) is 1.28. The van der Waals surface area contributed by atoms with Crippen molar-refractivity contribution in [3.63, 3.8) is 0 Å². The summed E-state index contributed by atoms with van der Waals surface area (Å²) in [4.78, 5) is 23.7. The van der Waals surface area contributed by atoms with Gasteiger partial charge in [0.25, 0.3) is 5.56 Å². The number of nitrogens with zero attached hydrogens (tertiary/aromatic N) is 2. The smallest absolute Gasteiger partial charge is 0.260 e. The first-order chi connectivity index (χ1) is 12.1. The highest BCUT2D eigenvalue weighted by molar-refractivity contribution is 7.17. The lowest BCUT2D eigenvalue weighted by Gasteiger charge is -2.34. The maximum atomic E-state index is 12.7. The molecule has 130 valence electrons. The molecule has 1 aromatic carbocycles. The molecule has 2 aromatic heterocycles. The zero-order chi connectivity index (χ0) is 17.4. The molecule has 0 amide bonds. The fourth-order valence-corrected chi connectivity index (χ4v) is 5.00. The topological polar surface area (TPSA) is 49.0 Å². The maximum absolute atomic E-state index is 12.7. The van der Waals surface area contributed by atoms with E-state index in [9.17, 15) is 4.79 Å². The van der Waals surface area contributed by atoms with Crippen molar-refractivity contribution in [2.75, 3.05) is 13.1 Å². The second-order valence-electron chi connectivity index (χ2n) is 7.35.